The first-order valence-electron chi connectivity index (χ1n) is 5.88. The monoisotopic (exact) mass is 296 g/mol. The van der Waals surface area contributed by atoms with Crippen LogP contribution in [0, 0.1) is 5.92 Å². The molecule has 0 aliphatic heterocycles. The highest BCUT2D eigenvalue weighted by Crippen LogP contribution is 2.31. The standard InChI is InChI=1S/C11H21BrO2S/c1-2-15(13,14)8-4-6-10-5-3-7-11(12)9-10/h10-11H,2-9H2,1H3. The second-order valence-electron chi connectivity index (χ2n) is 4.51. The molecule has 1 aliphatic carbocycles. The fourth-order valence-corrected chi connectivity index (χ4v) is 3.97. The molecule has 2 nitrogen and oxygen atoms in total. The molecule has 0 spiro atoms. The van der Waals surface area contributed by atoms with Gasteiger partial charge in [-0.2, -0.15) is 0 Å². The lowest BCUT2D eigenvalue weighted by Gasteiger charge is -2.25. The first-order valence-corrected chi connectivity index (χ1v) is 8.61. The van der Waals surface area contributed by atoms with Crippen LogP contribution in [-0.4, -0.2) is 24.8 Å². The fourth-order valence-electron chi connectivity index (χ4n) is 2.22. The van der Waals surface area contributed by atoms with Crippen LogP contribution in [0.2, 0.25) is 0 Å². The maximum atomic E-state index is 11.3. The molecule has 90 valence electrons. The van der Waals surface area contributed by atoms with Crippen molar-refractivity contribution in [3.8, 4) is 0 Å². The summed E-state index contributed by atoms with van der Waals surface area (Å²) in [5.41, 5.74) is 0. The van der Waals surface area contributed by atoms with Gasteiger partial charge in [-0.15, -0.1) is 0 Å². The minimum atomic E-state index is -2.75. The molecule has 2 unspecified atom stereocenters. The molecular weight excluding hydrogens is 276 g/mol. The van der Waals surface area contributed by atoms with Crippen molar-refractivity contribution in [2.45, 2.75) is 50.3 Å². The van der Waals surface area contributed by atoms with Gasteiger partial charge >= 0.3 is 0 Å². The molecule has 1 saturated carbocycles. The van der Waals surface area contributed by atoms with Gasteiger partial charge in [0, 0.05) is 10.6 Å². The summed E-state index contributed by atoms with van der Waals surface area (Å²) in [5, 5.41) is 0. The van der Waals surface area contributed by atoms with Gasteiger partial charge in [0.25, 0.3) is 0 Å². The summed E-state index contributed by atoms with van der Waals surface area (Å²) >= 11 is 3.66. The molecule has 0 heterocycles. The van der Waals surface area contributed by atoms with Crippen LogP contribution in [0.25, 0.3) is 0 Å². The number of alkyl halides is 1. The second-order valence-corrected chi connectivity index (χ2v) is 8.28. The number of hydrogen-bond acceptors (Lipinski definition) is 2. The van der Waals surface area contributed by atoms with Gasteiger partial charge in [-0.05, 0) is 31.6 Å². The molecule has 2 atom stereocenters. The lowest BCUT2D eigenvalue weighted by Crippen LogP contribution is -2.16. The Morgan fingerprint density at radius 3 is 2.67 bits per heavy atom. The smallest absolute Gasteiger partial charge is 0.150 e. The predicted molar refractivity (Wildman–Crippen MR) is 68.2 cm³/mol. The molecule has 0 N–H and O–H groups in total. The van der Waals surface area contributed by atoms with E-state index in [1.807, 2.05) is 0 Å². The van der Waals surface area contributed by atoms with Gasteiger partial charge in [-0.3, -0.25) is 0 Å². The van der Waals surface area contributed by atoms with Crippen molar-refractivity contribution >= 4 is 25.8 Å². The van der Waals surface area contributed by atoms with E-state index in [0.717, 1.165) is 18.8 Å². The van der Waals surface area contributed by atoms with E-state index in [1.165, 1.54) is 25.7 Å². The van der Waals surface area contributed by atoms with Crippen LogP contribution in [0.4, 0.5) is 0 Å². The maximum absolute atomic E-state index is 11.3. The largest absolute Gasteiger partial charge is 0.229 e. The van der Waals surface area contributed by atoms with Crippen molar-refractivity contribution < 1.29 is 8.42 Å². The summed E-state index contributed by atoms with van der Waals surface area (Å²) in [6, 6.07) is 0. The van der Waals surface area contributed by atoms with Crippen LogP contribution >= 0.6 is 15.9 Å². The fraction of sp³-hybridized carbons (Fsp3) is 1.00. The molecule has 0 amide bonds. The topological polar surface area (TPSA) is 34.1 Å². The first-order chi connectivity index (χ1) is 7.03. The summed E-state index contributed by atoms with van der Waals surface area (Å²) < 4.78 is 22.6. The lowest BCUT2D eigenvalue weighted by atomic mass is 9.86. The first kappa shape index (κ1) is 13.5. The number of hydrogen-bond donors (Lipinski definition) is 0. The Kier molecular flexibility index (Phi) is 5.61. The van der Waals surface area contributed by atoms with Gasteiger partial charge in [0.15, 0.2) is 0 Å². The van der Waals surface area contributed by atoms with Crippen LogP contribution in [0.3, 0.4) is 0 Å². The van der Waals surface area contributed by atoms with E-state index in [-0.39, 0.29) is 0 Å². The molecule has 0 aromatic carbocycles. The highest BCUT2D eigenvalue weighted by atomic mass is 79.9. The Morgan fingerprint density at radius 1 is 1.33 bits per heavy atom. The lowest BCUT2D eigenvalue weighted by molar-refractivity contribution is 0.347. The quantitative estimate of drug-likeness (QED) is 0.731. The van der Waals surface area contributed by atoms with Crippen molar-refractivity contribution in [3.63, 3.8) is 0 Å². The van der Waals surface area contributed by atoms with Crippen molar-refractivity contribution in [1.29, 1.82) is 0 Å². The average molecular weight is 297 g/mol. The van der Waals surface area contributed by atoms with Crippen LogP contribution in [0.5, 0.6) is 0 Å². The molecule has 0 aromatic rings. The zero-order valence-electron chi connectivity index (χ0n) is 9.41. The Balaban J connectivity index is 2.20. The van der Waals surface area contributed by atoms with Crippen molar-refractivity contribution in [3.05, 3.63) is 0 Å². The molecule has 1 rings (SSSR count). The summed E-state index contributed by atoms with van der Waals surface area (Å²) in [7, 11) is -2.75. The number of halogens is 1. The normalized spacial score (nSPS) is 27.9. The molecule has 0 aromatic heterocycles. The zero-order chi connectivity index (χ0) is 11.3. The van der Waals surface area contributed by atoms with Gasteiger partial charge in [0.1, 0.15) is 9.84 Å². The van der Waals surface area contributed by atoms with E-state index in [1.54, 1.807) is 6.92 Å². The van der Waals surface area contributed by atoms with Gasteiger partial charge in [-0.25, -0.2) is 8.42 Å². The Morgan fingerprint density at radius 2 is 2.07 bits per heavy atom. The molecule has 0 bridgehead atoms. The van der Waals surface area contributed by atoms with E-state index in [2.05, 4.69) is 15.9 Å². The third-order valence-electron chi connectivity index (χ3n) is 3.23. The molecule has 15 heavy (non-hydrogen) atoms. The minimum Gasteiger partial charge on any atom is -0.229 e. The number of rotatable bonds is 5. The van der Waals surface area contributed by atoms with E-state index in [0.29, 0.717) is 16.3 Å². The molecule has 0 saturated heterocycles. The van der Waals surface area contributed by atoms with Crippen molar-refractivity contribution in [2.24, 2.45) is 5.92 Å². The predicted octanol–water partition coefficient (Wildman–Crippen LogP) is 3.16. The van der Waals surface area contributed by atoms with Crippen molar-refractivity contribution in [2.75, 3.05) is 11.5 Å². The Bertz CT molecular complexity index is 274. The summed E-state index contributed by atoms with van der Waals surface area (Å²) in [4.78, 5) is 0.666. The second kappa shape index (κ2) is 6.24. The van der Waals surface area contributed by atoms with E-state index in [4.69, 9.17) is 0 Å². The third kappa shape index (κ3) is 5.34. The molecule has 1 aliphatic rings. The van der Waals surface area contributed by atoms with E-state index in [9.17, 15) is 8.42 Å². The minimum absolute atomic E-state index is 0.290. The summed E-state index contributed by atoms with van der Waals surface area (Å²) in [5.74, 6) is 1.42. The third-order valence-corrected chi connectivity index (χ3v) is 5.85. The maximum Gasteiger partial charge on any atom is 0.150 e. The number of sulfone groups is 1. The summed E-state index contributed by atoms with van der Waals surface area (Å²) in [6.45, 7) is 1.73. The highest BCUT2D eigenvalue weighted by Gasteiger charge is 2.20. The Hall–Kier alpha value is 0.430. The average Bonchev–Trinajstić information content (AvgIpc) is 2.18. The van der Waals surface area contributed by atoms with Crippen LogP contribution in [-0.2, 0) is 9.84 Å². The summed E-state index contributed by atoms with van der Waals surface area (Å²) in [6.07, 6.45) is 7.02. The van der Waals surface area contributed by atoms with Gasteiger partial charge < -0.3 is 0 Å². The van der Waals surface area contributed by atoms with E-state index < -0.39 is 9.84 Å². The van der Waals surface area contributed by atoms with Gasteiger partial charge in [0.2, 0.25) is 0 Å². The molecule has 1 fully saturated rings. The zero-order valence-corrected chi connectivity index (χ0v) is 11.8. The highest BCUT2D eigenvalue weighted by molar-refractivity contribution is 9.09. The molecule has 0 radical (unpaired) electrons. The molecular formula is C11H21BrO2S. The van der Waals surface area contributed by atoms with Crippen LogP contribution < -0.4 is 0 Å². The van der Waals surface area contributed by atoms with Crippen LogP contribution in [0.15, 0.2) is 0 Å². The van der Waals surface area contributed by atoms with Crippen LogP contribution in [0.1, 0.15) is 45.4 Å². The van der Waals surface area contributed by atoms with E-state index >= 15 is 0 Å². The Labute approximate surface area is 102 Å². The van der Waals surface area contributed by atoms with Crippen molar-refractivity contribution in [1.82, 2.24) is 0 Å². The van der Waals surface area contributed by atoms with Gasteiger partial charge in [-0.1, -0.05) is 35.7 Å². The SMILES string of the molecule is CCS(=O)(=O)CCCC1CCCC(Br)C1. The van der Waals surface area contributed by atoms with Gasteiger partial charge in [0.05, 0.1) is 5.75 Å². The molecule has 4 heteroatoms.